The van der Waals surface area contributed by atoms with E-state index >= 15 is 0 Å². The van der Waals surface area contributed by atoms with Crippen LogP contribution in [0.2, 0.25) is 0 Å². The molecule has 1 heterocycles. The molecule has 0 spiro atoms. The second kappa shape index (κ2) is 2.96. The summed E-state index contributed by atoms with van der Waals surface area (Å²) in [6.07, 6.45) is -0.285. The van der Waals surface area contributed by atoms with Gasteiger partial charge in [-0.1, -0.05) is 5.16 Å². The zero-order valence-corrected chi connectivity index (χ0v) is 8.79. The molecule has 0 bridgehead atoms. The summed E-state index contributed by atoms with van der Waals surface area (Å²) in [5.74, 6) is -0.611. The molecular weight excluding hydrogens is 170 g/mol. The molecule has 1 fully saturated rings. The second-order valence-corrected chi connectivity index (χ2v) is 4.34. The third-order valence-electron chi connectivity index (χ3n) is 2.08. The molecule has 1 N–H and O–H groups in total. The van der Waals surface area contributed by atoms with E-state index in [0.29, 0.717) is 5.71 Å². The van der Waals surface area contributed by atoms with Crippen molar-refractivity contribution < 1.29 is 14.7 Å². The number of ether oxygens (including phenoxy) is 2. The Morgan fingerprint density at radius 3 is 2.15 bits per heavy atom. The second-order valence-electron chi connectivity index (χ2n) is 4.34. The van der Waals surface area contributed by atoms with Crippen molar-refractivity contribution in [2.75, 3.05) is 0 Å². The van der Waals surface area contributed by atoms with Crippen LogP contribution in [0.15, 0.2) is 5.16 Å². The fourth-order valence-corrected chi connectivity index (χ4v) is 1.78. The lowest BCUT2D eigenvalue weighted by atomic mass is 9.99. The molecule has 0 unspecified atom stereocenters. The van der Waals surface area contributed by atoms with E-state index in [9.17, 15) is 0 Å². The Morgan fingerprint density at radius 2 is 1.85 bits per heavy atom. The first-order chi connectivity index (χ1) is 5.78. The summed E-state index contributed by atoms with van der Waals surface area (Å²) in [5.41, 5.74) is 0.0929. The summed E-state index contributed by atoms with van der Waals surface area (Å²) in [7, 11) is 0. The van der Waals surface area contributed by atoms with Gasteiger partial charge in [-0.3, -0.25) is 0 Å². The van der Waals surface area contributed by atoms with Gasteiger partial charge in [0.25, 0.3) is 0 Å². The number of oxime groups is 1. The highest BCUT2D eigenvalue weighted by atomic mass is 16.8. The van der Waals surface area contributed by atoms with Crippen LogP contribution in [0.25, 0.3) is 0 Å². The smallest absolute Gasteiger partial charge is 0.164 e. The highest BCUT2D eigenvalue weighted by molar-refractivity contribution is 5.87. The molecule has 0 aromatic heterocycles. The van der Waals surface area contributed by atoms with Gasteiger partial charge in [-0.15, -0.1) is 0 Å². The molecule has 1 saturated heterocycles. The van der Waals surface area contributed by atoms with Crippen LogP contribution in [0, 0.1) is 0 Å². The van der Waals surface area contributed by atoms with Crippen LogP contribution in [0.3, 0.4) is 0 Å². The summed E-state index contributed by atoms with van der Waals surface area (Å²) >= 11 is 0. The van der Waals surface area contributed by atoms with Crippen LogP contribution in [0.5, 0.6) is 0 Å². The maximum absolute atomic E-state index is 8.65. The third kappa shape index (κ3) is 2.00. The summed E-state index contributed by atoms with van der Waals surface area (Å²) < 4.78 is 11.3. The van der Waals surface area contributed by atoms with Gasteiger partial charge in [0.1, 0.15) is 6.10 Å². The molecule has 1 atom stereocenters. The van der Waals surface area contributed by atoms with Crippen LogP contribution in [-0.4, -0.2) is 28.4 Å². The van der Waals surface area contributed by atoms with Crippen LogP contribution >= 0.6 is 0 Å². The maximum atomic E-state index is 8.65. The Kier molecular flexibility index (Phi) is 2.38. The molecular formula is C9H17NO3. The fourth-order valence-electron chi connectivity index (χ4n) is 1.78. The van der Waals surface area contributed by atoms with E-state index in [0.717, 1.165) is 0 Å². The van der Waals surface area contributed by atoms with E-state index in [4.69, 9.17) is 14.7 Å². The third-order valence-corrected chi connectivity index (χ3v) is 2.08. The van der Waals surface area contributed by atoms with Crippen molar-refractivity contribution in [2.45, 2.75) is 52.1 Å². The zero-order valence-electron chi connectivity index (χ0n) is 8.79. The minimum atomic E-state index is -0.611. The van der Waals surface area contributed by atoms with E-state index in [2.05, 4.69) is 5.16 Å². The minimum absolute atomic E-state index is 0.285. The molecule has 0 amide bonds. The Morgan fingerprint density at radius 1 is 1.31 bits per heavy atom. The van der Waals surface area contributed by atoms with Gasteiger partial charge in [0.05, 0.1) is 11.3 Å². The largest absolute Gasteiger partial charge is 0.411 e. The SMILES string of the molecule is C/C(=N\O)[C@@H]1OC(C)(C)OC1(C)C. The predicted molar refractivity (Wildman–Crippen MR) is 49.0 cm³/mol. The van der Waals surface area contributed by atoms with Gasteiger partial charge in [0.15, 0.2) is 5.79 Å². The van der Waals surface area contributed by atoms with Crippen LogP contribution in [0.4, 0.5) is 0 Å². The number of hydrogen-bond acceptors (Lipinski definition) is 4. The lowest BCUT2D eigenvalue weighted by molar-refractivity contribution is -0.155. The molecule has 0 aromatic rings. The van der Waals surface area contributed by atoms with Gasteiger partial charge in [-0.25, -0.2) is 0 Å². The predicted octanol–water partition coefficient (Wildman–Crippen LogP) is 1.77. The van der Waals surface area contributed by atoms with Crippen molar-refractivity contribution in [1.82, 2.24) is 0 Å². The Balaban J connectivity index is 2.89. The van der Waals surface area contributed by atoms with Crippen LogP contribution < -0.4 is 0 Å². The first-order valence-corrected chi connectivity index (χ1v) is 4.35. The monoisotopic (exact) mass is 187 g/mol. The van der Waals surface area contributed by atoms with Crippen LogP contribution in [-0.2, 0) is 9.47 Å². The van der Waals surface area contributed by atoms with E-state index in [1.807, 2.05) is 27.7 Å². The molecule has 1 rings (SSSR count). The van der Waals surface area contributed by atoms with Gasteiger partial charge >= 0.3 is 0 Å². The highest BCUT2D eigenvalue weighted by Gasteiger charge is 2.48. The Hall–Kier alpha value is -0.610. The van der Waals surface area contributed by atoms with Gasteiger partial charge < -0.3 is 14.7 Å². The fraction of sp³-hybridized carbons (Fsp3) is 0.889. The summed E-state index contributed by atoms with van der Waals surface area (Å²) in [6.45, 7) is 9.25. The minimum Gasteiger partial charge on any atom is -0.411 e. The Bertz CT molecular complexity index is 233. The van der Waals surface area contributed by atoms with Gasteiger partial charge in [-0.05, 0) is 34.6 Å². The topological polar surface area (TPSA) is 51.1 Å². The standard InChI is InChI=1S/C9H17NO3/c1-6(10-11)7-8(2,3)13-9(4,5)12-7/h7,11H,1-5H3/b10-6+/t7-/m0/s1. The van der Waals surface area contributed by atoms with Crippen molar-refractivity contribution in [1.29, 1.82) is 0 Å². The maximum Gasteiger partial charge on any atom is 0.164 e. The van der Waals surface area contributed by atoms with E-state index in [1.165, 1.54) is 0 Å². The average Bonchev–Trinajstić information content (AvgIpc) is 2.17. The molecule has 0 saturated carbocycles. The lowest BCUT2D eigenvalue weighted by Gasteiger charge is -2.23. The number of hydrogen-bond donors (Lipinski definition) is 1. The quantitative estimate of drug-likeness (QED) is 0.386. The molecule has 1 aliphatic rings. The molecule has 4 nitrogen and oxygen atoms in total. The number of nitrogens with zero attached hydrogens (tertiary/aromatic N) is 1. The lowest BCUT2D eigenvalue weighted by Crippen LogP contribution is -2.38. The van der Waals surface area contributed by atoms with Gasteiger partial charge in [-0.2, -0.15) is 0 Å². The normalized spacial score (nSPS) is 32.1. The first-order valence-electron chi connectivity index (χ1n) is 4.35. The molecule has 4 heteroatoms. The molecule has 76 valence electrons. The molecule has 0 radical (unpaired) electrons. The Labute approximate surface area is 78.5 Å². The summed E-state index contributed by atoms with van der Waals surface area (Å²) in [6, 6.07) is 0. The van der Waals surface area contributed by atoms with Crippen molar-refractivity contribution in [3.63, 3.8) is 0 Å². The molecule has 0 aromatic carbocycles. The summed E-state index contributed by atoms with van der Waals surface area (Å²) in [5, 5.41) is 11.8. The van der Waals surface area contributed by atoms with Crippen molar-refractivity contribution >= 4 is 5.71 Å². The molecule has 0 aliphatic carbocycles. The average molecular weight is 187 g/mol. The van der Waals surface area contributed by atoms with Crippen molar-refractivity contribution in [2.24, 2.45) is 5.16 Å². The van der Waals surface area contributed by atoms with Crippen molar-refractivity contribution in [3.8, 4) is 0 Å². The summed E-state index contributed by atoms with van der Waals surface area (Å²) in [4.78, 5) is 0. The van der Waals surface area contributed by atoms with E-state index in [-0.39, 0.29) is 6.10 Å². The van der Waals surface area contributed by atoms with Crippen LogP contribution in [0.1, 0.15) is 34.6 Å². The molecule has 13 heavy (non-hydrogen) atoms. The molecule has 1 aliphatic heterocycles. The van der Waals surface area contributed by atoms with Gasteiger partial charge in [0.2, 0.25) is 0 Å². The first kappa shape index (κ1) is 10.5. The number of rotatable bonds is 1. The zero-order chi connectivity index (χ0) is 10.3. The van der Waals surface area contributed by atoms with Crippen molar-refractivity contribution in [3.05, 3.63) is 0 Å². The van der Waals surface area contributed by atoms with E-state index in [1.54, 1.807) is 6.92 Å². The highest BCUT2D eigenvalue weighted by Crippen LogP contribution is 2.36. The van der Waals surface area contributed by atoms with E-state index < -0.39 is 11.4 Å². The van der Waals surface area contributed by atoms with Gasteiger partial charge in [0, 0.05) is 0 Å².